The minimum Gasteiger partial charge on any atom is -0.394 e. The van der Waals surface area contributed by atoms with Gasteiger partial charge in [0.15, 0.2) is 0 Å². The number of carbonyl (C=O) groups excluding carboxylic acids is 1. The molecule has 0 bridgehead atoms. The summed E-state index contributed by atoms with van der Waals surface area (Å²) in [5.41, 5.74) is 0. The summed E-state index contributed by atoms with van der Waals surface area (Å²) in [6, 6.07) is -1.01. The number of carbonyl (C=O) groups is 1. The van der Waals surface area contributed by atoms with E-state index in [0.717, 1.165) is 38.5 Å². The van der Waals surface area contributed by atoms with Gasteiger partial charge in [-0.3, -0.25) is 4.79 Å². The number of unbranched alkanes of at least 4 members (excludes halogenated alkanes) is 44. The van der Waals surface area contributed by atoms with Crippen LogP contribution in [0.5, 0.6) is 0 Å². The third-order valence-corrected chi connectivity index (χ3v) is 14.6. The van der Waals surface area contributed by atoms with Crippen LogP contribution >= 0.6 is 0 Å². The molecule has 0 heterocycles. The second-order valence-corrected chi connectivity index (χ2v) is 21.4. The number of nitrogens with one attached hydrogen (secondary N) is 1. The largest absolute Gasteiger partial charge is 0.394 e. The topological polar surface area (TPSA) is 110 Å². The van der Waals surface area contributed by atoms with E-state index in [2.05, 4.69) is 43.5 Å². The molecule has 6 nitrogen and oxygen atoms in total. The van der Waals surface area contributed by atoms with Crippen LogP contribution in [0.3, 0.4) is 0 Å². The lowest BCUT2D eigenvalue weighted by Crippen LogP contribution is -2.53. The molecule has 0 radical (unpaired) electrons. The Kier molecular flexibility index (Phi) is 55.7. The number of amides is 1. The van der Waals surface area contributed by atoms with E-state index in [-0.39, 0.29) is 0 Å². The van der Waals surface area contributed by atoms with Crippen molar-refractivity contribution in [1.82, 2.24) is 5.32 Å². The van der Waals surface area contributed by atoms with Crippen molar-refractivity contribution >= 4 is 5.91 Å². The number of allylic oxidation sites excluding steroid dienone is 4. The maximum absolute atomic E-state index is 12.6. The van der Waals surface area contributed by atoms with Crippen LogP contribution in [-0.4, -0.2) is 57.3 Å². The molecule has 0 aliphatic carbocycles. The number of hydrogen-bond acceptors (Lipinski definition) is 5. The molecule has 0 aromatic heterocycles. The number of aliphatic hydroxyl groups excluding tert-OH is 4. The summed E-state index contributed by atoms with van der Waals surface area (Å²) >= 11 is 0. The highest BCUT2D eigenvalue weighted by Crippen LogP contribution is 2.18. The van der Waals surface area contributed by atoms with Gasteiger partial charge in [-0.1, -0.05) is 308 Å². The molecule has 0 saturated carbocycles. The number of aliphatic hydroxyl groups is 4. The summed E-state index contributed by atoms with van der Waals surface area (Å²) in [5, 5.41) is 44.0. The van der Waals surface area contributed by atoms with Crippen molar-refractivity contribution in [3.63, 3.8) is 0 Å². The van der Waals surface area contributed by atoms with Crippen molar-refractivity contribution in [2.24, 2.45) is 0 Å². The van der Waals surface area contributed by atoms with E-state index in [9.17, 15) is 25.2 Å². The van der Waals surface area contributed by atoms with Gasteiger partial charge in [-0.05, 0) is 51.4 Å². The first-order valence-corrected chi connectivity index (χ1v) is 30.7. The summed E-state index contributed by atoms with van der Waals surface area (Å²) < 4.78 is 0. The van der Waals surface area contributed by atoms with E-state index < -0.39 is 36.9 Å². The van der Waals surface area contributed by atoms with Crippen LogP contribution in [0.1, 0.15) is 335 Å². The second kappa shape index (κ2) is 56.7. The van der Waals surface area contributed by atoms with Gasteiger partial charge in [0, 0.05) is 0 Å². The molecule has 0 fully saturated rings. The summed E-state index contributed by atoms with van der Waals surface area (Å²) in [7, 11) is 0. The van der Waals surface area contributed by atoms with Crippen LogP contribution in [0.2, 0.25) is 0 Å². The van der Waals surface area contributed by atoms with Crippen molar-refractivity contribution in [3.8, 4) is 0 Å². The summed E-state index contributed by atoms with van der Waals surface area (Å²) in [6.45, 7) is 4.09. The third-order valence-electron chi connectivity index (χ3n) is 14.6. The summed E-state index contributed by atoms with van der Waals surface area (Å²) in [4.78, 5) is 12.6. The van der Waals surface area contributed by atoms with Gasteiger partial charge >= 0.3 is 0 Å². The highest BCUT2D eigenvalue weighted by atomic mass is 16.3. The van der Waals surface area contributed by atoms with E-state index in [1.807, 2.05) is 0 Å². The Morgan fingerprint density at radius 3 is 0.926 bits per heavy atom. The zero-order chi connectivity index (χ0) is 49.5. The van der Waals surface area contributed by atoms with E-state index >= 15 is 0 Å². The molecule has 404 valence electrons. The Balaban J connectivity index is 3.62. The Morgan fingerprint density at radius 2 is 0.618 bits per heavy atom. The molecule has 0 rings (SSSR count). The van der Waals surface area contributed by atoms with E-state index in [1.54, 1.807) is 0 Å². The van der Waals surface area contributed by atoms with Gasteiger partial charge in [0.05, 0.1) is 18.8 Å². The predicted molar refractivity (Wildman–Crippen MR) is 298 cm³/mol. The van der Waals surface area contributed by atoms with Gasteiger partial charge in [0.25, 0.3) is 0 Å². The van der Waals surface area contributed by atoms with E-state index in [1.165, 1.54) is 263 Å². The van der Waals surface area contributed by atoms with E-state index in [4.69, 9.17) is 0 Å². The molecule has 0 aliphatic rings. The van der Waals surface area contributed by atoms with Crippen LogP contribution in [0.15, 0.2) is 24.3 Å². The second-order valence-electron chi connectivity index (χ2n) is 21.4. The SMILES string of the molecule is CCCCCCCCCCCCCCCCC/C=C/CC/C=C/CCCC(O)C(O)C(CO)NC(=O)C(O)CCCCCCCCCCCCCCCCCCCCCCCCCCCCCC. The first-order valence-electron chi connectivity index (χ1n) is 30.7. The first kappa shape index (κ1) is 66.8. The average molecular weight is 961 g/mol. The van der Waals surface area contributed by atoms with Gasteiger partial charge in [0.2, 0.25) is 5.91 Å². The maximum atomic E-state index is 12.6. The minimum atomic E-state index is -1.29. The number of hydrogen-bond donors (Lipinski definition) is 5. The summed E-state index contributed by atoms with van der Waals surface area (Å²) in [5.74, 6) is -0.591. The fourth-order valence-corrected chi connectivity index (χ4v) is 9.84. The lowest BCUT2D eigenvalue weighted by atomic mass is 10.00. The minimum absolute atomic E-state index is 0.365. The van der Waals surface area contributed by atoms with Crippen LogP contribution in [0, 0.1) is 0 Å². The normalized spacial score (nSPS) is 13.8. The first-order chi connectivity index (χ1) is 33.5. The average Bonchev–Trinajstić information content (AvgIpc) is 3.34. The van der Waals surface area contributed by atoms with Crippen LogP contribution < -0.4 is 5.32 Å². The zero-order valence-corrected chi connectivity index (χ0v) is 45.9. The Morgan fingerprint density at radius 1 is 0.353 bits per heavy atom. The molecular weight excluding hydrogens is 839 g/mol. The third kappa shape index (κ3) is 49.8. The molecule has 0 aliphatic heterocycles. The lowest BCUT2D eigenvalue weighted by molar-refractivity contribution is -0.132. The van der Waals surface area contributed by atoms with Gasteiger partial charge in [-0.2, -0.15) is 0 Å². The van der Waals surface area contributed by atoms with E-state index in [0.29, 0.717) is 19.3 Å². The van der Waals surface area contributed by atoms with Crippen molar-refractivity contribution in [3.05, 3.63) is 24.3 Å². The smallest absolute Gasteiger partial charge is 0.249 e. The molecule has 5 N–H and O–H groups in total. The van der Waals surface area contributed by atoms with Crippen LogP contribution in [-0.2, 0) is 4.79 Å². The van der Waals surface area contributed by atoms with Crippen molar-refractivity contribution in [2.45, 2.75) is 359 Å². The quantitative estimate of drug-likeness (QED) is 0.0308. The highest BCUT2D eigenvalue weighted by molar-refractivity contribution is 5.80. The van der Waals surface area contributed by atoms with Gasteiger partial charge in [0.1, 0.15) is 12.2 Å². The molecule has 68 heavy (non-hydrogen) atoms. The molecule has 0 aromatic carbocycles. The molecule has 4 atom stereocenters. The molecule has 0 spiro atoms. The molecule has 0 saturated heterocycles. The molecule has 4 unspecified atom stereocenters. The predicted octanol–water partition coefficient (Wildman–Crippen LogP) is 18.2. The van der Waals surface area contributed by atoms with Crippen LogP contribution in [0.25, 0.3) is 0 Å². The van der Waals surface area contributed by atoms with Gasteiger partial charge < -0.3 is 25.7 Å². The summed E-state index contributed by atoms with van der Waals surface area (Å²) in [6.07, 6.45) is 69.9. The maximum Gasteiger partial charge on any atom is 0.249 e. The fraction of sp³-hybridized carbons (Fsp3) is 0.919. The van der Waals surface area contributed by atoms with Crippen molar-refractivity contribution < 1.29 is 25.2 Å². The monoisotopic (exact) mass is 960 g/mol. The van der Waals surface area contributed by atoms with Crippen LogP contribution in [0.4, 0.5) is 0 Å². The lowest BCUT2D eigenvalue weighted by Gasteiger charge is -2.27. The molecule has 0 aromatic rings. The molecule has 6 heteroatoms. The number of rotatable bonds is 57. The fourth-order valence-electron chi connectivity index (χ4n) is 9.84. The Labute approximate surface area is 425 Å². The molecular formula is C62H121NO5. The van der Waals surface area contributed by atoms with Crippen molar-refractivity contribution in [1.29, 1.82) is 0 Å². The van der Waals surface area contributed by atoms with Crippen molar-refractivity contribution in [2.75, 3.05) is 6.61 Å². The van der Waals surface area contributed by atoms with Gasteiger partial charge in [-0.15, -0.1) is 0 Å². The Bertz CT molecular complexity index is 1030. The Hall–Kier alpha value is -1.21. The highest BCUT2D eigenvalue weighted by Gasteiger charge is 2.28. The standard InChI is InChI=1S/C62H121NO5/c1-3-5-7-9-11-13-15-17-19-21-23-25-27-29-30-31-32-34-36-38-40-42-44-46-48-50-52-54-56-60(66)62(68)63-58(57-64)61(67)59(65)55-53-51-49-47-45-43-41-39-37-35-33-28-26-24-22-20-18-16-14-12-10-8-6-4-2/h39,41,47,49,58-61,64-67H,3-38,40,42-46,48,50-57H2,1-2H3,(H,63,68)/b41-39+,49-47+. The molecule has 1 amide bonds. The zero-order valence-electron chi connectivity index (χ0n) is 45.9. The van der Waals surface area contributed by atoms with Gasteiger partial charge in [-0.25, -0.2) is 0 Å².